The summed E-state index contributed by atoms with van der Waals surface area (Å²) < 4.78 is 5.25. The molecule has 0 N–H and O–H groups in total. The van der Waals surface area contributed by atoms with Crippen molar-refractivity contribution in [1.29, 1.82) is 0 Å². The van der Waals surface area contributed by atoms with Crippen LogP contribution < -0.4 is 0 Å². The van der Waals surface area contributed by atoms with Crippen LogP contribution in [0.2, 0.25) is 0 Å². The molecule has 0 heterocycles. The maximum Gasteiger partial charge on any atom is 0.443 e. The van der Waals surface area contributed by atoms with Gasteiger partial charge in [0.25, 0.3) is 0 Å². The molecule has 1 atom stereocenters. The van der Waals surface area contributed by atoms with Gasteiger partial charge in [0.2, 0.25) is 0 Å². The molecule has 1 amide bonds. The fraction of sp³-hybridized carbons (Fsp3) is 0.500. The van der Waals surface area contributed by atoms with E-state index in [0.29, 0.717) is 0 Å². The van der Waals surface area contributed by atoms with Gasteiger partial charge in [-0.1, -0.05) is 37.3 Å². The Morgan fingerprint density at radius 2 is 1.76 bits per heavy atom. The van der Waals surface area contributed by atoms with Gasteiger partial charge in [-0.05, 0) is 26.3 Å². The average Bonchev–Trinajstić information content (AvgIpc) is 2.36. The Morgan fingerprint density at radius 3 is 2.24 bits per heavy atom. The Balaban J connectivity index is 2.78. The molecule has 0 aliphatic rings. The third-order valence-electron chi connectivity index (χ3n) is 2.64. The van der Waals surface area contributed by atoms with Crippen LogP contribution in [0.15, 0.2) is 30.3 Å². The number of benzene rings is 1. The third kappa shape index (κ3) is 6.29. The maximum atomic E-state index is 12.1. The summed E-state index contributed by atoms with van der Waals surface area (Å²) in [6.45, 7) is 8.73. The first-order valence-electron chi connectivity index (χ1n) is 6.93. The zero-order valence-electron chi connectivity index (χ0n) is 13.3. The fourth-order valence-corrected chi connectivity index (χ4v) is 1.75. The van der Waals surface area contributed by atoms with Gasteiger partial charge in [-0.15, -0.1) is 5.06 Å². The van der Waals surface area contributed by atoms with Gasteiger partial charge in [0.05, 0.1) is 6.54 Å². The van der Waals surface area contributed by atoms with Crippen LogP contribution in [0.25, 0.3) is 0 Å². The lowest BCUT2D eigenvalue weighted by Gasteiger charge is -2.27. The van der Waals surface area contributed by atoms with Crippen LogP contribution in [0.3, 0.4) is 0 Å². The van der Waals surface area contributed by atoms with E-state index in [1.807, 2.05) is 37.3 Å². The average molecular weight is 293 g/mol. The minimum atomic E-state index is -0.666. The molecule has 5 heteroatoms. The Labute approximate surface area is 125 Å². The van der Waals surface area contributed by atoms with Crippen molar-refractivity contribution >= 4 is 12.1 Å². The number of nitrogens with zero attached hydrogens (tertiary/aromatic N) is 1. The van der Waals surface area contributed by atoms with Gasteiger partial charge in [-0.25, -0.2) is 4.79 Å². The van der Waals surface area contributed by atoms with Crippen LogP contribution >= 0.6 is 0 Å². The summed E-state index contributed by atoms with van der Waals surface area (Å²) in [4.78, 5) is 28.2. The molecule has 0 aliphatic heterocycles. The van der Waals surface area contributed by atoms with Crippen molar-refractivity contribution in [1.82, 2.24) is 5.06 Å². The second kappa shape index (κ2) is 7.11. The standard InChI is InChI=1S/C16H23NO4/c1-12(14-9-7-6-8-10-14)11-17(21-13(2)18)15(19)20-16(3,4)5/h6-10,12H,11H2,1-5H3/t12-/m1/s1. The molecule has 21 heavy (non-hydrogen) atoms. The van der Waals surface area contributed by atoms with Gasteiger partial charge in [0.15, 0.2) is 0 Å². The summed E-state index contributed by atoms with van der Waals surface area (Å²) in [6.07, 6.45) is -0.666. The van der Waals surface area contributed by atoms with Crippen LogP contribution in [0.4, 0.5) is 4.79 Å². The summed E-state index contributed by atoms with van der Waals surface area (Å²) in [7, 11) is 0. The highest BCUT2D eigenvalue weighted by atomic mass is 16.8. The molecule has 0 aliphatic carbocycles. The molecule has 0 fully saturated rings. The van der Waals surface area contributed by atoms with Crippen molar-refractivity contribution in [2.45, 2.75) is 46.1 Å². The Kier molecular flexibility index (Phi) is 5.76. The number of ether oxygens (including phenoxy) is 1. The highest BCUT2D eigenvalue weighted by molar-refractivity contribution is 5.71. The van der Waals surface area contributed by atoms with Crippen LogP contribution in [-0.4, -0.2) is 29.3 Å². The number of rotatable bonds is 3. The number of hydrogen-bond donors (Lipinski definition) is 0. The van der Waals surface area contributed by atoms with E-state index in [9.17, 15) is 9.59 Å². The molecule has 0 spiro atoms. The van der Waals surface area contributed by atoms with Crippen molar-refractivity contribution in [3.05, 3.63) is 35.9 Å². The molecular weight excluding hydrogens is 270 g/mol. The second-order valence-corrected chi connectivity index (χ2v) is 5.94. The van der Waals surface area contributed by atoms with E-state index in [-0.39, 0.29) is 12.5 Å². The van der Waals surface area contributed by atoms with Crippen molar-refractivity contribution in [3.63, 3.8) is 0 Å². The topological polar surface area (TPSA) is 55.8 Å². The quantitative estimate of drug-likeness (QED) is 0.800. The first-order valence-corrected chi connectivity index (χ1v) is 6.93. The van der Waals surface area contributed by atoms with E-state index in [2.05, 4.69) is 0 Å². The molecule has 0 saturated carbocycles. The predicted octanol–water partition coefficient (Wildman–Crippen LogP) is 3.51. The van der Waals surface area contributed by atoms with E-state index in [0.717, 1.165) is 10.6 Å². The number of carbonyl (C=O) groups is 2. The summed E-state index contributed by atoms with van der Waals surface area (Å²) in [6, 6.07) is 9.70. The molecule has 0 bridgehead atoms. The monoisotopic (exact) mass is 293 g/mol. The number of amides is 1. The molecule has 1 aromatic rings. The zero-order valence-corrected chi connectivity index (χ0v) is 13.3. The first kappa shape index (κ1) is 17.0. The van der Waals surface area contributed by atoms with Crippen LogP contribution in [0.1, 0.15) is 46.1 Å². The van der Waals surface area contributed by atoms with Gasteiger partial charge in [-0.2, -0.15) is 0 Å². The van der Waals surface area contributed by atoms with Crippen molar-refractivity contribution in [2.24, 2.45) is 0 Å². The summed E-state index contributed by atoms with van der Waals surface area (Å²) >= 11 is 0. The molecule has 0 radical (unpaired) electrons. The Hall–Kier alpha value is -2.04. The minimum absolute atomic E-state index is 0.0121. The molecule has 0 saturated heterocycles. The number of hydroxylamine groups is 2. The normalized spacial score (nSPS) is 12.4. The molecule has 1 aromatic carbocycles. The van der Waals surface area contributed by atoms with Crippen LogP contribution in [0.5, 0.6) is 0 Å². The summed E-state index contributed by atoms with van der Waals surface area (Å²) in [5, 5.41) is 0.977. The van der Waals surface area contributed by atoms with Gasteiger partial charge >= 0.3 is 12.1 Å². The molecule has 116 valence electrons. The van der Waals surface area contributed by atoms with E-state index in [1.165, 1.54) is 6.92 Å². The molecular formula is C16H23NO4. The molecule has 1 rings (SSSR count). The first-order chi connectivity index (χ1) is 9.69. The minimum Gasteiger partial charge on any atom is -0.442 e. The Morgan fingerprint density at radius 1 is 1.19 bits per heavy atom. The lowest BCUT2D eigenvalue weighted by molar-refractivity contribution is -0.182. The van der Waals surface area contributed by atoms with Gasteiger partial charge in [-0.3, -0.25) is 4.79 Å². The fourth-order valence-electron chi connectivity index (χ4n) is 1.75. The highest BCUT2D eigenvalue weighted by Gasteiger charge is 2.26. The van der Waals surface area contributed by atoms with Crippen molar-refractivity contribution in [3.8, 4) is 0 Å². The maximum absolute atomic E-state index is 12.1. The number of carbonyl (C=O) groups excluding carboxylic acids is 2. The summed E-state index contributed by atoms with van der Waals surface area (Å²) in [5.41, 5.74) is 0.407. The third-order valence-corrected chi connectivity index (χ3v) is 2.64. The zero-order chi connectivity index (χ0) is 16.0. The van der Waals surface area contributed by atoms with E-state index >= 15 is 0 Å². The van der Waals surface area contributed by atoms with Crippen molar-refractivity contribution < 1.29 is 19.2 Å². The second-order valence-electron chi connectivity index (χ2n) is 5.94. The SMILES string of the molecule is CC(=O)ON(C[C@@H](C)c1ccccc1)C(=O)OC(C)(C)C. The lowest BCUT2D eigenvalue weighted by atomic mass is 10.0. The molecule has 0 aromatic heterocycles. The molecule has 5 nitrogen and oxygen atoms in total. The summed E-state index contributed by atoms with van der Waals surface area (Å²) in [5.74, 6) is -0.542. The van der Waals surface area contributed by atoms with Gasteiger partial charge < -0.3 is 9.57 Å². The Bertz CT molecular complexity index is 479. The number of hydrogen-bond acceptors (Lipinski definition) is 4. The van der Waals surface area contributed by atoms with E-state index in [1.54, 1.807) is 20.8 Å². The van der Waals surface area contributed by atoms with Gasteiger partial charge in [0.1, 0.15) is 5.60 Å². The van der Waals surface area contributed by atoms with Crippen LogP contribution in [-0.2, 0) is 14.4 Å². The molecule has 0 unspecified atom stereocenters. The predicted molar refractivity (Wildman–Crippen MR) is 79.6 cm³/mol. The van der Waals surface area contributed by atoms with Gasteiger partial charge in [0, 0.05) is 12.8 Å². The van der Waals surface area contributed by atoms with E-state index in [4.69, 9.17) is 9.57 Å². The van der Waals surface area contributed by atoms with Crippen LogP contribution in [0, 0.1) is 0 Å². The highest BCUT2D eigenvalue weighted by Crippen LogP contribution is 2.18. The largest absolute Gasteiger partial charge is 0.443 e. The van der Waals surface area contributed by atoms with Crippen molar-refractivity contribution in [2.75, 3.05) is 6.54 Å². The lowest BCUT2D eigenvalue weighted by Crippen LogP contribution is -2.39. The van der Waals surface area contributed by atoms with E-state index < -0.39 is 17.7 Å². The smallest absolute Gasteiger partial charge is 0.442 e.